The minimum absolute atomic E-state index is 0.0905. The van der Waals surface area contributed by atoms with E-state index in [1.165, 1.54) is 0 Å². The fourth-order valence-electron chi connectivity index (χ4n) is 1.81. The predicted molar refractivity (Wildman–Crippen MR) is 84.5 cm³/mol. The van der Waals surface area contributed by atoms with E-state index in [1.807, 2.05) is 56.3 Å². The van der Waals surface area contributed by atoms with Crippen molar-refractivity contribution in [3.05, 3.63) is 58.6 Å². The lowest BCUT2D eigenvalue weighted by Crippen LogP contribution is -2.21. The van der Waals surface area contributed by atoms with Crippen molar-refractivity contribution in [3.63, 3.8) is 0 Å². The summed E-state index contributed by atoms with van der Waals surface area (Å²) in [7, 11) is 0. The van der Waals surface area contributed by atoms with E-state index in [4.69, 9.17) is 11.6 Å². The molecule has 4 heteroatoms. The number of amides is 1. The van der Waals surface area contributed by atoms with Gasteiger partial charge in [0.05, 0.1) is 6.54 Å². The molecular formula is C16H17ClN2O. The van der Waals surface area contributed by atoms with Gasteiger partial charge in [-0.25, -0.2) is 0 Å². The lowest BCUT2D eigenvalue weighted by atomic mass is 10.2. The molecule has 2 aromatic carbocycles. The molecule has 0 aliphatic rings. The van der Waals surface area contributed by atoms with Crippen LogP contribution >= 0.6 is 11.6 Å². The zero-order valence-corrected chi connectivity index (χ0v) is 12.3. The highest BCUT2D eigenvalue weighted by atomic mass is 35.5. The summed E-state index contributed by atoms with van der Waals surface area (Å²) in [4.78, 5) is 11.8. The predicted octanol–water partition coefficient (Wildman–Crippen LogP) is 4.01. The van der Waals surface area contributed by atoms with Crippen LogP contribution in [-0.4, -0.2) is 12.5 Å². The van der Waals surface area contributed by atoms with Crippen LogP contribution in [0.5, 0.6) is 0 Å². The van der Waals surface area contributed by atoms with Gasteiger partial charge in [0.1, 0.15) is 0 Å². The number of hydrogen-bond acceptors (Lipinski definition) is 2. The van der Waals surface area contributed by atoms with Crippen molar-refractivity contribution in [2.75, 3.05) is 17.2 Å². The van der Waals surface area contributed by atoms with Gasteiger partial charge in [0, 0.05) is 16.4 Å². The van der Waals surface area contributed by atoms with Crippen molar-refractivity contribution in [1.82, 2.24) is 0 Å². The maximum atomic E-state index is 11.8. The van der Waals surface area contributed by atoms with Gasteiger partial charge in [-0.1, -0.05) is 29.8 Å². The van der Waals surface area contributed by atoms with Crippen LogP contribution in [0.25, 0.3) is 0 Å². The Balaban J connectivity index is 1.90. The van der Waals surface area contributed by atoms with Crippen molar-refractivity contribution in [1.29, 1.82) is 0 Å². The zero-order chi connectivity index (χ0) is 14.5. The van der Waals surface area contributed by atoms with E-state index in [1.54, 1.807) is 0 Å². The van der Waals surface area contributed by atoms with Gasteiger partial charge in [-0.3, -0.25) is 4.79 Å². The third kappa shape index (κ3) is 4.00. The van der Waals surface area contributed by atoms with E-state index >= 15 is 0 Å². The number of rotatable bonds is 4. The van der Waals surface area contributed by atoms with Crippen molar-refractivity contribution in [3.8, 4) is 0 Å². The van der Waals surface area contributed by atoms with Crippen LogP contribution in [-0.2, 0) is 4.79 Å². The molecule has 0 spiro atoms. The average Bonchev–Trinajstić information content (AvgIpc) is 2.40. The maximum absolute atomic E-state index is 11.8. The molecule has 0 saturated carbocycles. The molecule has 0 fully saturated rings. The Morgan fingerprint density at radius 3 is 2.60 bits per heavy atom. The molecule has 0 atom stereocenters. The van der Waals surface area contributed by atoms with Crippen molar-refractivity contribution in [2.45, 2.75) is 13.8 Å². The van der Waals surface area contributed by atoms with Gasteiger partial charge in [-0.15, -0.1) is 0 Å². The summed E-state index contributed by atoms with van der Waals surface area (Å²) in [5.41, 5.74) is 3.77. The minimum atomic E-state index is -0.0905. The average molecular weight is 289 g/mol. The Bertz CT molecular complexity index is 626. The first-order valence-corrected chi connectivity index (χ1v) is 6.79. The molecule has 104 valence electrons. The highest BCUT2D eigenvalue weighted by molar-refractivity contribution is 6.31. The number of nitrogens with one attached hydrogen (secondary N) is 2. The van der Waals surface area contributed by atoms with E-state index in [0.29, 0.717) is 5.02 Å². The number of carbonyl (C=O) groups excluding carboxylic acids is 1. The van der Waals surface area contributed by atoms with Gasteiger partial charge in [0.15, 0.2) is 0 Å². The molecule has 0 saturated heterocycles. The molecule has 0 aromatic heterocycles. The number of halogens is 1. The number of carbonyl (C=O) groups is 1. The molecule has 0 aliphatic carbocycles. The molecule has 2 aromatic rings. The van der Waals surface area contributed by atoms with Crippen LogP contribution < -0.4 is 10.6 Å². The summed E-state index contributed by atoms with van der Waals surface area (Å²) < 4.78 is 0. The fraction of sp³-hybridized carbons (Fsp3) is 0.188. The Morgan fingerprint density at radius 2 is 1.90 bits per heavy atom. The number of aryl methyl sites for hydroxylation is 2. The standard InChI is InChI=1S/C16H17ClN2O/c1-11-4-3-5-14(8-11)19-16(20)10-18-13-7-6-12(2)15(17)9-13/h3-9,18H,10H2,1-2H3,(H,19,20). The monoisotopic (exact) mass is 288 g/mol. The number of benzene rings is 2. The van der Waals surface area contributed by atoms with Gasteiger partial charge in [0.25, 0.3) is 0 Å². The molecule has 2 rings (SSSR count). The van der Waals surface area contributed by atoms with Crippen LogP contribution in [0.2, 0.25) is 5.02 Å². The molecule has 0 radical (unpaired) electrons. The number of hydrogen-bond donors (Lipinski definition) is 2. The van der Waals surface area contributed by atoms with Crippen LogP contribution in [0.15, 0.2) is 42.5 Å². The summed E-state index contributed by atoms with van der Waals surface area (Å²) >= 11 is 6.04. The molecule has 0 aliphatic heterocycles. The highest BCUT2D eigenvalue weighted by Crippen LogP contribution is 2.19. The Hall–Kier alpha value is -2.00. The Labute approximate surface area is 124 Å². The van der Waals surface area contributed by atoms with Crippen LogP contribution in [0.4, 0.5) is 11.4 Å². The van der Waals surface area contributed by atoms with Crippen molar-refractivity contribution in [2.24, 2.45) is 0 Å². The molecule has 2 N–H and O–H groups in total. The second-order valence-corrected chi connectivity index (χ2v) is 5.14. The smallest absolute Gasteiger partial charge is 0.243 e. The molecule has 0 heterocycles. The molecule has 0 unspecified atom stereocenters. The van der Waals surface area contributed by atoms with Gasteiger partial charge >= 0.3 is 0 Å². The second kappa shape index (κ2) is 6.44. The van der Waals surface area contributed by atoms with Crippen LogP contribution in [0.3, 0.4) is 0 Å². The Morgan fingerprint density at radius 1 is 1.10 bits per heavy atom. The first-order chi connectivity index (χ1) is 9.54. The van der Waals surface area contributed by atoms with Crippen molar-refractivity contribution >= 4 is 28.9 Å². The van der Waals surface area contributed by atoms with E-state index in [2.05, 4.69) is 10.6 Å². The topological polar surface area (TPSA) is 41.1 Å². The summed E-state index contributed by atoms with van der Waals surface area (Å²) in [5, 5.41) is 6.58. The normalized spacial score (nSPS) is 10.2. The zero-order valence-electron chi connectivity index (χ0n) is 11.5. The molecule has 1 amide bonds. The van der Waals surface area contributed by atoms with E-state index in [-0.39, 0.29) is 12.5 Å². The molecular weight excluding hydrogens is 272 g/mol. The molecule has 0 bridgehead atoms. The van der Waals surface area contributed by atoms with Gasteiger partial charge in [-0.2, -0.15) is 0 Å². The number of anilines is 2. The second-order valence-electron chi connectivity index (χ2n) is 4.74. The molecule has 3 nitrogen and oxygen atoms in total. The summed E-state index contributed by atoms with van der Waals surface area (Å²) in [5.74, 6) is -0.0905. The highest BCUT2D eigenvalue weighted by Gasteiger charge is 2.03. The minimum Gasteiger partial charge on any atom is -0.376 e. The summed E-state index contributed by atoms with van der Waals surface area (Å²) in [6.07, 6.45) is 0. The third-order valence-electron chi connectivity index (χ3n) is 2.93. The molecule has 20 heavy (non-hydrogen) atoms. The van der Waals surface area contributed by atoms with Gasteiger partial charge < -0.3 is 10.6 Å². The summed E-state index contributed by atoms with van der Waals surface area (Å²) in [6.45, 7) is 4.13. The third-order valence-corrected chi connectivity index (χ3v) is 3.33. The van der Waals surface area contributed by atoms with Crippen LogP contribution in [0, 0.1) is 13.8 Å². The first-order valence-electron chi connectivity index (χ1n) is 6.41. The first kappa shape index (κ1) is 14.4. The lowest BCUT2D eigenvalue weighted by Gasteiger charge is -2.09. The maximum Gasteiger partial charge on any atom is 0.243 e. The quantitative estimate of drug-likeness (QED) is 0.892. The van der Waals surface area contributed by atoms with Gasteiger partial charge in [-0.05, 0) is 49.2 Å². The SMILES string of the molecule is Cc1cccc(NC(=O)CNc2ccc(C)c(Cl)c2)c1. The largest absolute Gasteiger partial charge is 0.376 e. The van der Waals surface area contributed by atoms with Gasteiger partial charge in [0.2, 0.25) is 5.91 Å². The Kier molecular flexibility index (Phi) is 4.64. The van der Waals surface area contributed by atoms with E-state index < -0.39 is 0 Å². The van der Waals surface area contributed by atoms with E-state index in [9.17, 15) is 4.79 Å². The lowest BCUT2D eigenvalue weighted by molar-refractivity contribution is -0.114. The van der Waals surface area contributed by atoms with Crippen molar-refractivity contribution < 1.29 is 4.79 Å². The van der Waals surface area contributed by atoms with E-state index in [0.717, 1.165) is 22.5 Å². The van der Waals surface area contributed by atoms with Crippen LogP contribution in [0.1, 0.15) is 11.1 Å². The fourth-order valence-corrected chi connectivity index (χ4v) is 1.99. The summed E-state index contributed by atoms with van der Waals surface area (Å²) in [6, 6.07) is 13.3.